The minimum absolute atomic E-state index is 0.00955. The van der Waals surface area contributed by atoms with Gasteiger partial charge in [-0.3, -0.25) is 4.79 Å². The minimum atomic E-state index is -0.462. The highest BCUT2D eigenvalue weighted by Gasteiger charge is 2.39. The Morgan fingerprint density at radius 2 is 2.20 bits per heavy atom. The Balaban J connectivity index is 1.67. The lowest BCUT2D eigenvalue weighted by molar-refractivity contribution is 0.0782. The monoisotopic (exact) mass is 343 g/mol. The number of hydrogen-bond acceptors (Lipinski definition) is 5. The van der Waals surface area contributed by atoms with Crippen molar-refractivity contribution in [1.82, 2.24) is 34.8 Å². The van der Waals surface area contributed by atoms with E-state index in [4.69, 9.17) is 0 Å². The van der Waals surface area contributed by atoms with Crippen LogP contribution >= 0.6 is 0 Å². The number of halogens is 1. The van der Waals surface area contributed by atoms with E-state index in [0.717, 1.165) is 0 Å². The number of hydrogen-bond donors (Lipinski definition) is 1. The van der Waals surface area contributed by atoms with Crippen LogP contribution in [0, 0.1) is 5.82 Å². The molecule has 0 spiro atoms. The lowest BCUT2D eigenvalue weighted by Crippen LogP contribution is -2.37. The Hall–Kier alpha value is -2.81. The number of carbonyl (C=O) groups excluding carboxylic acids is 1. The molecule has 3 heterocycles. The maximum Gasteiger partial charge on any atom is 0.256 e. The number of imidazole rings is 1. The summed E-state index contributed by atoms with van der Waals surface area (Å²) in [6.45, 7) is 1.01. The Morgan fingerprint density at radius 1 is 1.36 bits per heavy atom. The molecule has 4 rings (SSSR count). The molecule has 0 bridgehead atoms. The number of H-pyrrole nitrogens is 1. The van der Waals surface area contributed by atoms with Gasteiger partial charge >= 0.3 is 0 Å². The molecule has 3 aromatic rings. The van der Waals surface area contributed by atoms with E-state index in [1.165, 1.54) is 18.5 Å². The van der Waals surface area contributed by atoms with Crippen LogP contribution < -0.4 is 0 Å². The van der Waals surface area contributed by atoms with E-state index < -0.39 is 5.82 Å². The van der Waals surface area contributed by atoms with Crippen molar-refractivity contribution < 1.29 is 9.18 Å². The van der Waals surface area contributed by atoms with Gasteiger partial charge < -0.3 is 14.8 Å². The summed E-state index contributed by atoms with van der Waals surface area (Å²) in [5.41, 5.74) is 1.27. The summed E-state index contributed by atoms with van der Waals surface area (Å²) in [6, 6.07) is 2.67. The van der Waals surface area contributed by atoms with Gasteiger partial charge in [0, 0.05) is 19.3 Å². The number of rotatable bonds is 3. The molecule has 1 N–H and O–H groups in total. The van der Waals surface area contributed by atoms with Gasteiger partial charge in [-0.2, -0.15) is 0 Å². The standard InChI is InChI=1S/C16H18FN7O/c1-22(2)13-7-23(8-14(13)24-4-3-20-21-24)16(25)11-5-10(17)6-12-15(11)19-9-18-12/h3-6,9,13-14H,7-8H2,1-2H3,(H,18,19)/t13-,14+/m1/s1. The summed E-state index contributed by atoms with van der Waals surface area (Å²) >= 11 is 0. The van der Waals surface area contributed by atoms with Gasteiger partial charge in [-0.25, -0.2) is 14.1 Å². The lowest BCUT2D eigenvalue weighted by atomic mass is 10.1. The van der Waals surface area contributed by atoms with Gasteiger partial charge in [0.15, 0.2) is 0 Å². The molecule has 0 radical (unpaired) electrons. The molecule has 8 nitrogen and oxygen atoms in total. The molecule has 1 aromatic carbocycles. The summed E-state index contributed by atoms with van der Waals surface area (Å²) in [6.07, 6.45) is 4.88. The Bertz CT molecular complexity index is 904. The first-order valence-electron chi connectivity index (χ1n) is 7.98. The highest BCUT2D eigenvalue weighted by atomic mass is 19.1. The molecule has 1 aliphatic heterocycles. The number of aromatic nitrogens is 5. The number of likely N-dealkylation sites (tertiary alicyclic amines) is 1. The fourth-order valence-corrected chi connectivity index (χ4v) is 3.45. The highest BCUT2D eigenvalue weighted by molar-refractivity contribution is 6.05. The zero-order valence-corrected chi connectivity index (χ0v) is 13.9. The van der Waals surface area contributed by atoms with Gasteiger partial charge in [0.2, 0.25) is 0 Å². The number of likely N-dealkylation sites (N-methyl/N-ethyl adjacent to an activating group) is 1. The first-order chi connectivity index (χ1) is 12.0. The second-order valence-electron chi connectivity index (χ2n) is 6.44. The molecule has 130 valence electrons. The smallest absolute Gasteiger partial charge is 0.256 e. The van der Waals surface area contributed by atoms with Crippen LogP contribution in [0.1, 0.15) is 16.4 Å². The second kappa shape index (κ2) is 5.92. The first kappa shape index (κ1) is 15.7. The Labute approximate surface area is 143 Å². The van der Waals surface area contributed by atoms with Gasteiger partial charge in [0.25, 0.3) is 5.91 Å². The van der Waals surface area contributed by atoms with E-state index in [9.17, 15) is 9.18 Å². The van der Waals surface area contributed by atoms with Crippen molar-refractivity contribution in [3.05, 3.63) is 42.2 Å². The fourth-order valence-electron chi connectivity index (χ4n) is 3.45. The van der Waals surface area contributed by atoms with Crippen molar-refractivity contribution in [2.45, 2.75) is 12.1 Å². The van der Waals surface area contributed by atoms with E-state index in [-0.39, 0.29) is 23.6 Å². The van der Waals surface area contributed by atoms with E-state index in [1.807, 2.05) is 14.1 Å². The molecule has 0 unspecified atom stereocenters. The van der Waals surface area contributed by atoms with Crippen molar-refractivity contribution in [3.63, 3.8) is 0 Å². The second-order valence-corrected chi connectivity index (χ2v) is 6.44. The molecule has 1 aliphatic rings. The minimum Gasteiger partial charge on any atom is -0.344 e. The molecular formula is C16H18FN7O. The normalized spacial score (nSPS) is 20.7. The van der Waals surface area contributed by atoms with Crippen LogP contribution in [0.25, 0.3) is 11.0 Å². The third kappa shape index (κ3) is 2.66. The van der Waals surface area contributed by atoms with Crippen molar-refractivity contribution in [3.8, 4) is 0 Å². The molecule has 0 saturated carbocycles. The molecular weight excluding hydrogens is 325 g/mol. The summed E-state index contributed by atoms with van der Waals surface area (Å²) in [7, 11) is 3.94. The molecule has 2 atom stereocenters. The SMILES string of the molecule is CN(C)[C@@H]1CN(C(=O)c2cc(F)cc3[nH]cnc23)C[C@@H]1n1ccnn1. The molecule has 1 amide bonds. The van der Waals surface area contributed by atoms with E-state index in [2.05, 4.69) is 25.2 Å². The quantitative estimate of drug-likeness (QED) is 0.765. The van der Waals surface area contributed by atoms with Gasteiger partial charge in [-0.1, -0.05) is 5.21 Å². The summed E-state index contributed by atoms with van der Waals surface area (Å²) in [5, 5.41) is 7.94. The first-order valence-corrected chi connectivity index (χ1v) is 7.98. The number of fused-ring (bicyclic) bond motifs is 1. The highest BCUT2D eigenvalue weighted by Crippen LogP contribution is 2.27. The molecule has 1 fully saturated rings. The average Bonchev–Trinajstić information content (AvgIpc) is 3.31. The fraction of sp³-hybridized carbons (Fsp3) is 0.375. The van der Waals surface area contributed by atoms with E-state index in [1.54, 1.807) is 22.0 Å². The number of carbonyl (C=O) groups is 1. The number of benzene rings is 1. The van der Waals surface area contributed by atoms with Crippen LogP contribution in [-0.2, 0) is 0 Å². The van der Waals surface area contributed by atoms with Gasteiger partial charge in [-0.15, -0.1) is 5.10 Å². The average molecular weight is 343 g/mol. The van der Waals surface area contributed by atoms with E-state index in [0.29, 0.717) is 24.1 Å². The van der Waals surface area contributed by atoms with Crippen LogP contribution in [0.3, 0.4) is 0 Å². The summed E-state index contributed by atoms with van der Waals surface area (Å²) < 4.78 is 15.6. The van der Waals surface area contributed by atoms with E-state index >= 15 is 0 Å². The van der Waals surface area contributed by atoms with Crippen LogP contribution in [-0.4, -0.2) is 73.9 Å². The van der Waals surface area contributed by atoms with Crippen molar-refractivity contribution in [1.29, 1.82) is 0 Å². The van der Waals surface area contributed by atoms with Crippen LogP contribution in [0.5, 0.6) is 0 Å². The Morgan fingerprint density at radius 3 is 2.92 bits per heavy atom. The zero-order valence-electron chi connectivity index (χ0n) is 13.9. The third-order valence-corrected chi connectivity index (χ3v) is 4.71. The van der Waals surface area contributed by atoms with Crippen LogP contribution in [0.4, 0.5) is 4.39 Å². The van der Waals surface area contributed by atoms with Crippen molar-refractivity contribution in [2.24, 2.45) is 0 Å². The molecule has 0 aliphatic carbocycles. The number of nitrogens with one attached hydrogen (secondary N) is 1. The molecule has 25 heavy (non-hydrogen) atoms. The van der Waals surface area contributed by atoms with Gasteiger partial charge in [0.1, 0.15) is 11.3 Å². The summed E-state index contributed by atoms with van der Waals surface area (Å²) in [4.78, 5) is 23.8. The van der Waals surface area contributed by atoms with Crippen LogP contribution in [0.15, 0.2) is 30.9 Å². The predicted molar refractivity (Wildman–Crippen MR) is 88.5 cm³/mol. The molecule has 1 saturated heterocycles. The van der Waals surface area contributed by atoms with Crippen molar-refractivity contribution >= 4 is 16.9 Å². The maximum atomic E-state index is 13.9. The molecule has 9 heteroatoms. The number of nitrogens with zero attached hydrogens (tertiary/aromatic N) is 6. The van der Waals surface area contributed by atoms with Gasteiger partial charge in [-0.05, 0) is 26.2 Å². The lowest BCUT2D eigenvalue weighted by Gasteiger charge is -2.24. The zero-order chi connectivity index (χ0) is 17.6. The Kier molecular flexibility index (Phi) is 3.72. The molecule has 2 aromatic heterocycles. The largest absolute Gasteiger partial charge is 0.344 e. The topological polar surface area (TPSA) is 82.9 Å². The number of aromatic amines is 1. The number of amides is 1. The van der Waals surface area contributed by atoms with Crippen molar-refractivity contribution in [2.75, 3.05) is 27.2 Å². The van der Waals surface area contributed by atoms with Crippen LogP contribution in [0.2, 0.25) is 0 Å². The van der Waals surface area contributed by atoms with Gasteiger partial charge in [0.05, 0.1) is 35.7 Å². The maximum absolute atomic E-state index is 13.9. The summed E-state index contributed by atoms with van der Waals surface area (Å²) in [5.74, 6) is -0.692. The third-order valence-electron chi connectivity index (χ3n) is 4.71. The predicted octanol–water partition coefficient (Wildman–Crippen LogP) is 0.921.